The van der Waals surface area contributed by atoms with Gasteiger partial charge in [-0.3, -0.25) is 0 Å². The zero-order valence-electron chi connectivity index (χ0n) is 10.8. The fourth-order valence-electron chi connectivity index (χ4n) is 2.01. The molecule has 1 aromatic heterocycles. The number of hydrogen-bond donors (Lipinski definition) is 0. The molecule has 1 aromatic rings. The second-order valence-electron chi connectivity index (χ2n) is 4.40. The Hall–Kier alpha value is -1.69. The number of carbonyl (C=O) groups excluding carboxylic acids is 1. The summed E-state index contributed by atoms with van der Waals surface area (Å²) in [5.41, 5.74) is 0.306. The fourth-order valence-corrected chi connectivity index (χ4v) is 2.01. The van der Waals surface area contributed by atoms with Crippen LogP contribution in [-0.2, 0) is 4.74 Å². The zero-order chi connectivity index (χ0) is 13.0. The minimum Gasteiger partial charge on any atom is -0.464 e. The van der Waals surface area contributed by atoms with E-state index in [4.69, 9.17) is 0 Å². The van der Waals surface area contributed by atoms with Crippen molar-refractivity contribution in [2.75, 3.05) is 45.2 Å². The highest BCUT2D eigenvalue weighted by atomic mass is 16.5. The highest BCUT2D eigenvalue weighted by Gasteiger charge is 2.16. The van der Waals surface area contributed by atoms with Gasteiger partial charge in [-0.15, -0.1) is 0 Å². The van der Waals surface area contributed by atoms with Crippen molar-refractivity contribution in [3.63, 3.8) is 0 Å². The molecule has 0 radical (unpaired) electrons. The van der Waals surface area contributed by atoms with Gasteiger partial charge in [-0.25, -0.2) is 14.8 Å². The first kappa shape index (κ1) is 12.8. The van der Waals surface area contributed by atoms with Gasteiger partial charge in [-0.05, 0) is 20.0 Å². The van der Waals surface area contributed by atoms with Crippen molar-refractivity contribution >= 4 is 11.8 Å². The molecule has 0 bridgehead atoms. The van der Waals surface area contributed by atoms with Gasteiger partial charge in [0.2, 0.25) is 0 Å². The van der Waals surface area contributed by atoms with Crippen molar-refractivity contribution in [2.45, 2.75) is 6.42 Å². The molecule has 1 fully saturated rings. The molecule has 98 valence electrons. The number of nitrogens with zero attached hydrogens (tertiary/aromatic N) is 4. The van der Waals surface area contributed by atoms with Crippen LogP contribution < -0.4 is 4.90 Å². The van der Waals surface area contributed by atoms with E-state index in [9.17, 15) is 4.79 Å². The molecule has 18 heavy (non-hydrogen) atoms. The summed E-state index contributed by atoms with van der Waals surface area (Å²) in [6.07, 6.45) is 2.50. The van der Waals surface area contributed by atoms with Crippen LogP contribution in [0.1, 0.15) is 16.9 Å². The highest BCUT2D eigenvalue weighted by molar-refractivity contribution is 5.87. The van der Waals surface area contributed by atoms with Crippen molar-refractivity contribution in [3.8, 4) is 0 Å². The van der Waals surface area contributed by atoms with Gasteiger partial charge in [-0.1, -0.05) is 0 Å². The maximum Gasteiger partial charge on any atom is 0.356 e. The minimum atomic E-state index is -0.425. The molecule has 6 nitrogen and oxygen atoms in total. The van der Waals surface area contributed by atoms with Gasteiger partial charge >= 0.3 is 5.97 Å². The van der Waals surface area contributed by atoms with Crippen LogP contribution in [0.2, 0.25) is 0 Å². The van der Waals surface area contributed by atoms with E-state index < -0.39 is 5.97 Å². The molecule has 0 spiro atoms. The van der Waals surface area contributed by atoms with Crippen LogP contribution in [-0.4, -0.2) is 61.2 Å². The summed E-state index contributed by atoms with van der Waals surface area (Å²) in [7, 11) is 3.47. The number of rotatable bonds is 2. The third kappa shape index (κ3) is 2.95. The van der Waals surface area contributed by atoms with E-state index in [1.807, 2.05) is 0 Å². The number of ether oxygens (including phenoxy) is 1. The summed E-state index contributed by atoms with van der Waals surface area (Å²) in [5, 5.41) is 0. The molecule has 0 unspecified atom stereocenters. The molecule has 0 N–H and O–H groups in total. The van der Waals surface area contributed by atoms with Crippen LogP contribution in [0.5, 0.6) is 0 Å². The van der Waals surface area contributed by atoms with Crippen molar-refractivity contribution in [3.05, 3.63) is 18.1 Å². The summed E-state index contributed by atoms with van der Waals surface area (Å²) >= 11 is 0. The number of aromatic nitrogens is 2. The Morgan fingerprint density at radius 3 is 2.89 bits per heavy atom. The summed E-state index contributed by atoms with van der Waals surface area (Å²) in [6.45, 7) is 3.94. The Bertz CT molecular complexity index is 424. The Kier molecular flexibility index (Phi) is 4.09. The number of esters is 1. The number of methoxy groups -OCH3 is 1. The van der Waals surface area contributed by atoms with Gasteiger partial charge in [0.05, 0.1) is 7.11 Å². The first-order chi connectivity index (χ1) is 8.70. The summed E-state index contributed by atoms with van der Waals surface area (Å²) in [6, 6.07) is 1.69. The van der Waals surface area contributed by atoms with Crippen molar-refractivity contribution < 1.29 is 9.53 Å². The van der Waals surface area contributed by atoms with Crippen LogP contribution in [0.15, 0.2) is 12.4 Å². The molecule has 1 aliphatic rings. The average molecular weight is 250 g/mol. The molecule has 0 aliphatic carbocycles. The fraction of sp³-hybridized carbons (Fsp3) is 0.583. The molecule has 0 atom stereocenters. The van der Waals surface area contributed by atoms with E-state index in [2.05, 4.69) is 31.6 Å². The molecule has 1 aliphatic heterocycles. The lowest BCUT2D eigenvalue weighted by Gasteiger charge is -2.21. The van der Waals surface area contributed by atoms with Gasteiger partial charge in [0.15, 0.2) is 5.69 Å². The maximum absolute atomic E-state index is 11.4. The average Bonchev–Trinajstić information content (AvgIpc) is 2.63. The standard InChI is InChI=1S/C12H18N4O2/c1-15-4-3-5-16(7-6-15)11-8-10(12(17)18-2)13-9-14-11/h8-9H,3-7H2,1-2H3. The number of hydrogen-bond acceptors (Lipinski definition) is 6. The molecule has 2 heterocycles. The minimum absolute atomic E-state index is 0.306. The lowest BCUT2D eigenvalue weighted by Crippen LogP contribution is -2.29. The van der Waals surface area contributed by atoms with Gasteiger partial charge in [0.25, 0.3) is 0 Å². The molecule has 0 saturated carbocycles. The SMILES string of the molecule is COC(=O)c1cc(N2CCCN(C)CC2)ncn1. The van der Waals surface area contributed by atoms with Gasteiger partial charge in [0.1, 0.15) is 12.1 Å². The predicted octanol–water partition coefficient (Wildman–Crippen LogP) is 0.405. The maximum atomic E-state index is 11.4. The van der Waals surface area contributed by atoms with Crippen LogP contribution in [0.3, 0.4) is 0 Å². The van der Waals surface area contributed by atoms with Crippen LogP contribution in [0.25, 0.3) is 0 Å². The van der Waals surface area contributed by atoms with Crippen molar-refractivity contribution in [1.82, 2.24) is 14.9 Å². The Balaban J connectivity index is 2.14. The smallest absolute Gasteiger partial charge is 0.356 e. The molecular formula is C12H18N4O2. The number of carbonyl (C=O) groups is 1. The summed E-state index contributed by atoms with van der Waals surface area (Å²) in [4.78, 5) is 24.1. The highest BCUT2D eigenvalue weighted by Crippen LogP contribution is 2.14. The monoisotopic (exact) mass is 250 g/mol. The Morgan fingerprint density at radius 2 is 2.11 bits per heavy atom. The number of likely N-dealkylation sites (N-methyl/N-ethyl adjacent to an activating group) is 1. The molecule has 2 rings (SSSR count). The van der Waals surface area contributed by atoms with E-state index in [0.29, 0.717) is 5.69 Å². The third-order valence-electron chi connectivity index (χ3n) is 3.09. The van der Waals surface area contributed by atoms with E-state index in [1.165, 1.54) is 13.4 Å². The second kappa shape index (κ2) is 5.77. The third-order valence-corrected chi connectivity index (χ3v) is 3.09. The quantitative estimate of drug-likeness (QED) is 0.708. The van der Waals surface area contributed by atoms with Gasteiger partial charge < -0.3 is 14.5 Å². The van der Waals surface area contributed by atoms with Gasteiger partial charge in [-0.2, -0.15) is 0 Å². The Labute approximate surface area is 107 Å². The topological polar surface area (TPSA) is 58.6 Å². The normalized spacial score (nSPS) is 17.3. The van der Waals surface area contributed by atoms with Crippen LogP contribution in [0, 0.1) is 0 Å². The molecule has 0 amide bonds. The molecule has 1 saturated heterocycles. The zero-order valence-corrected chi connectivity index (χ0v) is 10.8. The molecule has 6 heteroatoms. The van der Waals surface area contributed by atoms with Crippen LogP contribution >= 0.6 is 0 Å². The van der Waals surface area contributed by atoms with Crippen molar-refractivity contribution in [2.24, 2.45) is 0 Å². The van der Waals surface area contributed by atoms with E-state index >= 15 is 0 Å². The van der Waals surface area contributed by atoms with Crippen LogP contribution in [0.4, 0.5) is 5.82 Å². The Morgan fingerprint density at radius 1 is 1.28 bits per heavy atom. The number of anilines is 1. The molecule has 0 aromatic carbocycles. The molecular weight excluding hydrogens is 232 g/mol. The largest absolute Gasteiger partial charge is 0.464 e. The first-order valence-electron chi connectivity index (χ1n) is 6.04. The van der Waals surface area contributed by atoms with Crippen molar-refractivity contribution in [1.29, 1.82) is 0 Å². The first-order valence-corrected chi connectivity index (χ1v) is 6.04. The summed E-state index contributed by atoms with van der Waals surface area (Å²) < 4.78 is 4.66. The van der Waals surface area contributed by atoms with E-state index in [-0.39, 0.29) is 0 Å². The lowest BCUT2D eigenvalue weighted by molar-refractivity contribution is 0.0594. The lowest BCUT2D eigenvalue weighted by atomic mass is 10.3. The van der Waals surface area contributed by atoms with Gasteiger partial charge in [0, 0.05) is 25.7 Å². The summed E-state index contributed by atoms with van der Waals surface area (Å²) in [5.74, 6) is 0.367. The van der Waals surface area contributed by atoms with E-state index in [0.717, 1.165) is 38.4 Å². The van der Waals surface area contributed by atoms with E-state index in [1.54, 1.807) is 6.07 Å². The predicted molar refractivity (Wildman–Crippen MR) is 67.7 cm³/mol. The second-order valence-corrected chi connectivity index (χ2v) is 4.40.